The van der Waals surface area contributed by atoms with E-state index in [1.54, 1.807) is 12.4 Å². The van der Waals surface area contributed by atoms with Crippen LogP contribution in [0.1, 0.15) is 39.0 Å². The minimum atomic E-state index is -0.160. The molecule has 1 aromatic rings. The number of halogens is 1. The summed E-state index contributed by atoms with van der Waals surface area (Å²) in [5.74, 6) is -0.160. The molecule has 0 aliphatic carbocycles. The maximum atomic E-state index is 12.6. The van der Waals surface area contributed by atoms with E-state index in [0.717, 1.165) is 6.54 Å². The Morgan fingerprint density at radius 2 is 1.71 bits per heavy atom. The second-order valence-corrected chi connectivity index (χ2v) is 3.67. The SMILES string of the molecule is CCCCCCC[n+]1ccc(F)cc1. The summed E-state index contributed by atoms with van der Waals surface area (Å²) in [4.78, 5) is 0. The van der Waals surface area contributed by atoms with Gasteiger partial charge in [0.2, 0.25) is 0 Å². The number of hydrogen-bond acceptors (Lipinski definition) is 0. The van der Waals surface area contributed by atoms with E-state index in [1.165, 1.54) is 44.2 Å². The zero-order valence-corrected chi connectivity index (χ0v) is 8.88. The van der Waals surface area contributed by atoms with Crippen molar-refractivity contribution in [2.24, 2.45) is 0 Å². The molecule has 0 unspecified atom stereocenters. The molecule has 1 nitrogen and oxygen atoms in total. The lowest BCUT2D eigenvalue weighted by Crippen LogP contribution is -2.32. The van der Waals surface area contributed by atoms with Gasteiger partial charge < -0.3 is 0 Å². The molecule has 0 aliphatic heterocycles. The minimum Gasteiger partial charge on any atom is -0.207 e. The second kappa shape index (κ2) is 6.52. The molecular weight excluding hydrogens is 177 g/mol. The van der Waals surface area contributed by atoms with Crippen molar-refractivity contribution < 1.29 is 8.96 Å². The van der Waals surface area contributed by atoms with Gasteiger partial charge in [0.1, 0.15) is 12.4 Å². The normalized spacial score (nSPS) is 10.4. The van der Waals surface area contributed by atoms with Crippen molar-refractivity contribution in [1.82, 2.24) is 0 Å². The van der Waals surface area contributed by atoms with E-state index < -0.39 is 0 Å². The molecule has 0 N–H and O–H groups in total. The molecule has 1 aromatic heterocycles. The Balaban J connectivity index is 2.15. The van der Waals surface area contributed by atoms with Gasteiger partial charge in [0.15, 0.2) is 12.4 Å². The first kappa shape index (κ1) is 11.2. The molecule has 0 bridgehead atoms. The molecular formula is C12H19FN+. The van der Waals surface area contributed by atoms with E-state index in [-0.39, 0.29) is 5.82 Å². The lowest BCUT2D eigenvalue weighted by atomic mass is 10.1. The highest BCUT2D eigenvalue weighted by atomic mass is 19.1. The highest BCUT2D eigenvalue weighted by Gasteiger charge is 1.99. The second-order valence-electron chi connectivity index (χ2n) is 3.67. The number of rotatable bonds is 6. The number of pyridine rings is 1. The monoisotopic (exact) mass is 196 g/mol. The summed E-state index contributed by atoms with van der Waals surface area (Å²) in [5.41, 5.74) is 0. The molecule has 0 radical (unpaired) electrons. The van der Waals surface area contributed by atoms with Crippen LogP contribution in [0.2, 0.25) is 0 Å². The molecule has 0 atom stereocenters. The first-order valence-corrected chi connectivity index (χ1v) is 5.47. The van der Waals surface area contributed by atoms with Crippen LogP contribution >= 0.6 is 0 Å². The first-order valence-electron chi connectivity index (χ1n) is 5.47. The van der Waals surface area contributed by atoms with Crippen LogP contribution < -0.4 is 4.57 Å². The zero-order valence-electron chi connectivity index (χ0n) is 8.88. The number of unbranched alkanes of at least 4 members (excludes halogenated alkanes) is 4. The molecule has 0 saturated carbocycles. The van der Waals surface area contributed by atoms with Crippen molar-refractivity contribution in [3.8, 4) is 0 Å². The Morgan fingerprint density at radius 1 is 1.07 bits per heavy atom. The van der Waals surface area contributed by atoms with Gasteiger partial charge in [-0.3, -0.25) is 0 Å². The smallest absolute Gasteiger partial charge is 0.171 e. The fourth-order valence-corrected chi connectivity index (χ4v) is 1.49. The molecule has 0 fully saturated rings. The zero-order chi connectivity index (χ0) is 10.2. The largest absolute Gasteiger partial charge is 0.207 e. The average Bonchev–Trinajstić information content (AvgIpc) is 2.21. The fraction of sp³-hybridized carbons (Fsp3) is 0.583. The Bertz CT molecular complexity index is 243. The number of hydrogen-bond donors (Lipinski definition) is 0. The quantitative estimate of drug-likeness (QED) is 0.486. The molecule has 2 heteroatoms. The van der Waals surface area contributed by atoms with Gasteiger partial charge >= 0.3 is 0 Å². The van der Waals surface area contributed by atoms with Crippen molar-refractivity contribution in [2.45, 2.75) is 45.6 Å². The Hall–Kier alpha value is -0.920. The van der Waals surface area contributed by atoms with E-state index in [9.17, 15) is 4.39 Å². The number of aryl methyl sites for hydroxylation is 1. The minimum absolute atomic E-state index is 0.160. The molecule has 1 rings (SSSR count). The van der Waals surface area contributed by atoms with Gasteiger partial charge in [-0.1, -0.05) is 26.2 Å². The van der Waals surface area contributed by atoms with Crippen LogP contribution in [0.3, 0.4) is 0 Å². The molecule has 0 spiro atoms. The summed E-state index contributed by atoms with van der Waals surface area (Å²) in [7, 11) is 0. The van der Waals surface area contributed by atoms with Gasteiger partial charge in [0.05, 0.1) is 0 Å². The third-order valence-electron chi connectivity index (χ3n) is 2.37. The van der Waals surface area contributed by atoms with Crippen molar-refractivity contribution in [2.75, 3.05) is 0 Å². The van der Waals surface area contributed by atoms with Crippen molar-refractivity contribution in [3.63, 3.8) is 0 Å². The summed E-state index contributed by atoms with van der Waals surface area (Å²) in [6, 6.07) is 3.01. The van der Waals surface area contributed by atoms with Crippen LogP contribution in [-0.2, 0) is 6.54 Å². The molecule has 0 amide bonds. The standard InChI is InChI=1S/C12H19FN/c1-2-3-4-5-6-9-14-10-7-12(13)8-11-14/h7-8,10-11H,2-6,9H2,1H3/q+1. The highest BCUT2D eigenvalue weighted by Crippen LogP contribution is 2.01. The molecule has 78 valence electrons. The van der Waals surface area contributed by atoms with Crippen LogP contribution in [0.15, 0.2) is 24.5 Å². The maximum absolute atomic E-state index is 12.6. The Labute approximate surface area is 85.6 Å². The predicted molar refractivity (Wildman–Crippen MR) is 55.4 cm³/mol. The van der Waals surface area contributed by atoms with E-state index in [2.05, 4.69) is 6.92 Å². The van der Waals surface area contributed by atoms with Crippen LogP contribution in [0.25, 0.3) is 0 Å². The molecule has 14 heavy (non-hydrogen) atoms. The van der Waals surface area contributed by atoms with Crippen LogP contribution in [0, 0.1) is 5.82 Å². The summed E-state index contributed by atoms with van der Waals surface area (Å²) >= 11 is 0. The molecule has 1 heterocycles. The van der Waals surface area contributed by atoms with Gasteiger partial charge in [0.25, 0.3) is 0 Å². The van der Waals surface area contributed by atoms with Gasteiger partial charge in [-0.25, -0.2) is 8.96 Å². The predicted octanol–water partition coefficient (Wildman–Crippen LogP) is 3.08. The number of aromatic nitrogens is 1. The van der Waals surface area contributed by atoms with Crippen molar-refractivity contribution in [1.29, 1.82) is 0 Å². The van der Waals surface area contributed by atoms with E-state index in [4.69, 9.17) is 0 Å². The Kier molecular flexibility index (Phi) is 5.20. The first-order chi connectivity index (χ1) is 6.83. The van der Waals surface area contributed by atoms with Gasteiger partial charge in [0, 0.05) is 18.6 Å². The highest BCUT2D eigenvalue weighted by molar-refractivity contribution is 4.88. The summed E-state index contributed by atoms with van der Waals surface area (Å²) in [5, 5.41) is 0. The fourth-order valence-electron chi connectivity index (χ4n) is 1.49. The van der Waals surface area contributed by atoms with Crippen LogP contribution in [-0.4, -0.2) is 0 Å². The lowest BCUT2D eigenvalue weighted by Gasteiger charge is -1.97. The molecule has 0 saturated heterocycles. The molecule has 0 aromatic carbocycles. The summed E-state index contributed by atoms with van der Waals surface area (Å²) in [6.45, 7) is 3.22. The third kappa shape index (κ3) is 4.35. The van der Waals surface area contributed by atoms with E-state index in [0.29, 0.717) is 0 Å². The van der Waals surface area contributed by atoms with Crippen LogP contribution in [0.4, 0.5) is 4.39 Å². The van der Waals surface area contributed by atoms with Gasteiger partial charge in [-0.2, -0.15) is 0 Å². The van der Waals surface area contributed by atoms with Crippen molar-refractivity contribution >= 4 is 0 Å². The summed E-state index contributed by atoms with van der Waals surface area (Å²) in [6.07, 6.45) is 9.99. The van der Waals surface area contributed by atoms with Gasteiger partial charge in [-0.15, -0.1) is 0 Å². The van der Waals surface area contributed by atoms with Gasteiger partial charge in [-0.05, 0) is 6.42 Å². The maximum Gasteiger partial charge on any atom is 0.171 e. The topological polar surface area (TPSA) is 3.88 Å². The van der Waals surface area contributed by atoms with E-state index in [1.807, 2.05) is 4.57 Å². The Morgan fingerprint density at radius 3 is 2.36 bits per heavy atom. The lowest BCUT2D eigenvalue weighted by molar-refractivity contribution is -0.697. The number of nitrogens with zero attached hydrogens (tertiary/aromatic N) is 1. The molecule has 0 aliphatic rings. The van der Waals surface area contributed by atoms with E-state index >= 15 is 0 Å². The third-order valence-corrected chi connectivity index (χ3v) is 2.37. The van der Waals surface area contributed by atoms with Crippen LogP contribution in [0.5, 0.6) is 0 Å². The van der Waals surface area contributed by atoms with Crippen molar-refractivity contribution in [3.05, 3.63) is 30.3 Å². The average molecular weight is 196 g/mol. The summed E-state index contributed by atoms with van der Waals surface area (Å²) < 4.78 is 14.6.